The molecule has 0 bridgehead atoms. The van der Waals surface area contributed by atoms with Gasteiger partial charge in [-0.15, -0.1) is 11.3 Å². The van der Waals surface area contributed by atoms with E-state index in [0.29, 0.717) is 10.9 Å². The van der Waals surface area contributed by atoms with Crippen molar-refractivity contribution in [2.24, 2.45) is 11.8 Å². The Bertz CT molecular complexity index is 461. The highest BCUT2D eigenvalue weighted by Gasteiger charge is 2.22. The quantitative estimate of drug-likeness (QED) is 0.739. The van der Waals surface area contributed by atoms with Crippen LogP contribution in [0, 0.1) is 11.8 Å². The second-order valence-electron chi connectivity index (χ2n) is 5.28. The molecule has 0 saturated carbocycles. The van der Waals surface area contributed by atoms with Crippen molar-refractivity contribution in [3.05, 3.63) is 21.7 Å². The van der Waals surface area contributed by atoms with E-state index >= 15 is 0 Å². The third-order valence-corrected chi connectivity index (χ3v) is 4.55. The number of ketones is 1. The van der Waals surface area contributed by atoms with E-state index in [1.54, 1.807) is 11.3 Å². The zero-order chi connectivity index (χ0) is 13.1. The molecule has 0 amide bonds. The molecule has 18 heavy (non-hydrogen) atoms. The highest BCUT2D eigenvalue weighted by molar-refractivity contribution is 7.14. The molecule has 0 radical (unpaired) electrons. The second-order valence-corrected chi connectivity index (χ2v) is 6.31. The van der Waals surface area contributed by atoms with Gasteiger partial charge in [0.2, 0.25) is 0 Å². The zero-order valence-corrected chi connectivity index (χ0v) is 12.2. The van der Waals surface area contributed by atoms with Crippen LogP contribution >= 0.6 is 11.3 Å². The molecular weight excluding hydrogens is 242 g/mol. The molecule has 1 aromatic heterocycles. The van der Waals surface area contributed by atoms with Crippen molar-refractivity contribution < 1.29 is 4.79 Å². The molecule has 98 valence electrons. The molecule has 0 aromatic carbocycles. The van der Waals surface area contributed by atoms with Crippen molar-refractivity contribution in [3.63, 3.8) is 0 Å². The highest BCUT2D eigenvalue weighted by Crippen LogP contribution is 2.29. The van der Waals surface area contributed by atoms with E-state index in [0.717, 1.165) is 31.4 Å². The Balaban J connectivity index is 2.10. The third kappa shape index (κ3) is 2.89. The number of fused-ring (bicyclic) bond motifs is 1. The number of Topliss-reactive ketones (excluding diaryl/α,β-unsaturated/α-hetero) is 1. The summed E-state index contributed by atoms with van der Waals surface area (Å²) >= 11 is 1.56. The maximum Gasteiger partial charge on any atom is 0.194 e. The predicted molar refractivity (Wildman–Crippen MR) is 77.0 cm³/mol. The molecule has 1 unspecified atom stereocenters. The minimum absolute atomic E-state index is 0.110. The van der Waals surface area contributed by atoms with E-state index < -0.39 is 0 Å². The largest absolute Gasteiger partial charge is 0.291 e. The Morgan fingerprint density at radius 3 is 3.11 bits per heavy atom. The van der Waals surface area contributed by atoms with Crippen molar-refractivity contribution in [2.45, 2.75) is 46.5 Å². The van der Waals surface area contributed by atoms with Gasteiger partial charge in [0.25, 0.3) is 0 Å². The molecule has 1 aliphatic rings. The monoisotopic (exact) mass is 263 g/mol. The van der Waals surface area contributed by atoms with E-state index in [1.807, 2.05) is 6.92 Å². The lowest BCUT2D eigenvalue weighted by Crippen LogP contribution is -2.11. The zero-order valence-electron chi connectivity index (χ0n) is 11.4. The maximum absolute atomic E-state index is 12.3. The number of carbonyl (C=O) groups excluding carboxylic acids is 1. The van der Waals surface area contributed by atoms with Crippen LogP contribution in [-0.4, -0.2) is 10.8 Å². The van der Waals surface area contributed by atoms with Crippen LogP contribution < -0.4 is 0 Å². The average Bonchev–Trinajstić information content (AvgIpc) is 2.77. The summed E-state index contributed by atoms with van der Waals surface area (Å²) in [6, 6.07) is 0. The van der Waals surface area contributed by atoms with Crippen LogP contribution in [0.15, 0.2) is 6.08 Å². The molecule has 1 aromatic rings. The first kappa shape index (κ1) is 13.5. The Kier molecular flexibility index (Phi) is 4.33. The number of rotatable bonds is 5. The van der Waals surface area contributed by atoms with Gasteiger partial charge in [-0.25, -0.2) is 4.98 Å². The number of aromatic nitrogens is 1. The minimum atomic E-state index is 0.110. The first-order chi connectivity index (χ1) is 8.61. The van der Waals surface area contributed by atoms with Crippen LogP contribution in [0.5, 0.6) is 0 Å². The molecule has 1 heterocycles. The molecule has 0 saturated heterocycles. The van der Waals surface area contributed by atoms with Crippen molar-refractivity contribution in [3.8, 4) is 0 Å². The highest BCUT2D eigenvalue weighted by atomic mass is 32.1. The fourth-order valence-electron chi connectivity index (χ4n) is 2.22. The number of allylic oxidation sites excluding steroid dienone is 1. The van der Waals surface area contributed by atoms with Gasteiger partial charge in [0, 0.05) is 5.92 Å². The molecule has 0 N–H and O–H groups in total. The van der Waals surface area contributed by atoms with Crippen LogP contribution in [0.25, 0.3) is 6.08 Å². The summed E-state index contributed by atoms with van der Waals surface area (Å²) in [6.45, 7) is 6.37. The summed E-state index contributed by atoms with van der Waals surface area (Å²) in [5, 5.41) is 0.711. The maximum atomic E-state index is 12.3. The molecule has 3 heteroatoms. The first-order valence-electron chi connectivity index (χ1n) is 6.84. The van der Waals surface area contributed by atoms with Gasteiger partial charge in [0.15, 0.2) is 10.8 Å². The standard InChI is InChI=1S/C15H21NOS/c1-4-5-6-11(3)14(17)15-16-12-9-10(2)7-8-13(12)18-15/h7-8,10-11H,4-6,9H2,1-3H3/t10?,11-/m0/s1. The van der Waals surface area contributed by atoms with Gasteiger partial charge in [-0.2, -0.15) is 0 Å². The SMILES string of the molecule is CCCC[C@H](C)C(=O)c1nc2c(s1)C=CC(C)C2. The summed E-state index contributed by atoms with van der Waals surface area (Å²) in [5.41, 5.74) is 1.11. The molecular formula is C15H21NOS. The van der Waals surface area contributed by atoms with Gasteiger partial charge in [-0.05, 0) is 24.8 Å². The van der Waals surface area contributed by atoms with E-state index in [-0.39, 0.29) is 11.7 Å². The van der Waals surface area contributed by atoms with E-state index in [9.17, 15) is 4.79 Å². The Labute approximate surface area is 113 Å². The lowest BCUT2D eigenvalue weighted by atomic mass is 9.99. The number of carbonyl (C=O) groups is 1. The van der Waals surface area contributed by atoms with Crippen molar-refractivity contribution in [1.29, 1.82) is 0 Å². The van der Waals surface area contributed by atoms with Gasteiger partial charge in [0.1, 0.15) is 0 Å². The number of thiazole rings is 1. The number of hydrogen-bond donors (Lipinski definition) is 0. The van der Waals surface area contributed by atoms with Gasteiger partial charge < -0.3 is 0 Å². The lowest BCUT2D eigenvalue weighted by Gasteiger charge is -2.09. The van der Waals surface area contributed by atoms with E-state index in [1.165, 1.54) is 4.88 Å². The summed E-state index contributed by atoms with van der Waals surface area (Å²) in [4.78, 5) is 18.0. The molecule has 0 aliphatic heterocycles. The van der Waals surface area contributed by atoms with Crippen LogP contribution in [0.1, 0.15) is 60.4 Å². The second kappa shape index (κ2) is 5.79. The summed E-state index contributed by atoms with van der Waals surface area (Å²) in [7, 11) is 0. The summed E-state index contributed by atoms with van der Waals surface area (Å²) in [6.07, 6.45) is 8.54. The minimum Gasteiger partial charge on any atom is -0.291 e. The van der Waals surface area contributed by atoms with Gasteiger partial charge in [-0.1, -0.05) is 39.7 Å². The third-order valence-electron chi connectivity index (χ3n) is 3.47. The average molecular weight is 263 g/mol. The van der Waals surface area contributed by atoms with Crippen LogP contribution in [0.4, 0.5) is 0 Å². The fourth-order valence-corrected chi connectivity index (χ4v) is 3.28. The normalized spacial score (nSPS) is 19.6. The summed E-state index contributed by atoms with van der Waals surface area (Å²) in [5.74, 6) is 0.878. The van der Waals surface area contributed by atoms with Crippen molar-refractivity contribution in [1.82, 2.24) is 4.98 Å². The molecule has 2 nitrogen and oxygen atoms in total. The molecule has 2 atom stereocenters. The van der Waals surface area contributed by atoms with Crippen LogP contribution in [0.2, 0.25) is 0 Å². The topological polar surface area (TPSA) is 30.0 Å². The Hall–Kier alpha value is -0.960. The fraction of sp³-hybridized carbons (Fsp3) is 0.600. The summed E-state index contributed by atoms with van der Waals surface area (Å²) < 4.78 is 0. The van der Waals surface area contributed by atoms with Crippen LogP contribution in [0.3, 0.4) is 0 Å². The van der Waals surface area contributed by atoms with Crippen molar-refractivity contribution >= 4 is 23.2 Å². The number of nitrogens with zero attached hydrogens (tertiary/aromatic N) is 1. The molecule has 1 aliphatic carbocycles. The van der Waals surface area contributed by atoms with Gasteiger partial charge in [0.05, 0.1) is 10.6 Å². The molecule has 2 rings (SSSR count). The number of unbranched alkanes of at least 4 members (excludes halogenated alkanes) is 1. The van der Waals surface area contributed by atoms with Crippen LogP contribution in [-0.2, 0) is 6.42 Å². The first-order valence-corrected chi connectivity index (χ1v) is 7.65. The number of hydrogen-bond acceptors (Lipinski definition) is 3. The van der Waals surface area contributed by atoms with E-state index in [2.05, 4.69) is 31.0 Å². The molecule has 0 spiro atoms. The smallest absolute Gasteiger partial charge is 0.194 e. The van der Waals surface area contributed by atoms with E-state index in [4.69, 9.17) is 0 Å². The predicted octanol–water partition coefficient (Wildman–Crippen LogP) is 4.36. The van der Waals surface area contributed by atoms with Gasteiger partial charge >= 0.3 is 0 Å². The Morgan fingerprint density at radius 1 is 1.61 bits per heavy atom. The lowest BCUT2D eigenvalue weighted by molar-refractivity contribution is 0.0922. The Morgan fingerprint density at radius 2 is 2.39 bits per heavy atom. The van der Waals surface area contributed by atoms with Crippen molar-refractivity contribution in [2.75, 3.05) is 0 Å². The molecule has 0 fully saturated rings. The van der Waals surface area contributed by atoms with Gasteiger partial charge in [-0.3, -0.25) is 4.79 Å².